The van der Waals surface area contributed by atoms with Crippen LogP contribution < -0.4 is 0 Å². The van der Waals surface area contributed by atoms with Crippen molar-refractivity contribution in [2.45, 2.75) is 38.5 Å². The summed E-state index contributed by atoms with van der Waals surface area (Å²) in [6.45, 7) is 3.37. The predicted octanol–water partition coefficient (Wildman–Crippen LogP) is 2.95. The highest BCUT2D eigenvalue weighted by Gasteiger charge is 2.05. The average Bonchev–Trinajstić information content (AvgIpc) is 2.09. The molecular weight excluding hydrogens is 164 g/mol. The SMILES string of the molecule is C=CC(=O)OC1=CCCCCCC1. The van der Waals surface area contributed by atoms with Crippen molar-refractivity contribution in [3.63, 3.8) is 0 Å². The predicted molar refractivity (Wildman–Crippen MR) is 52.1 cm³/mol. The summed E-state index contributed by atoms with van der Waals surface area (Å²) >= 11 is 0. The third-order valence-electron chi connectivity index (χ3n) is 2.15. The zero-order valence-electron chi connectivity index (χ0n) is 7.92. The number of carbonyl (C=O) groups excluding carboxylic acids is 1. The van der Waals surface area contributed by atoms with E-state index in [2.05, 4.69) is 6.58 Å². The average molecular weight is 180 g/mol. The highest BCUT2D eigenvalue weighted by atomic mass is 16.5. The van der Waals surface area contributed by atoms with Crippen LogP contribution in [0, 0.1) is 0 Å². The van der Waals surface area contributed by atoms with Crippen molar-refractivity contribution in [1.82, 2.24) is 0 Å². The van der Waals surface area contributed by atoms with Gasteiger partial charge in [0.1, 0.15) is 5.76 Å². The van der Waals surface area contributed by atoms with Crippen molar-refractivity contribution in [2.75, 3.05) is 0 Å². The van der Waals surface area contributed by atoms with Crippen molar-refractivity contribution >= 4 is 5.97 Å². The molecule has 0 aliphatic heterocycles. The fourth-order valence-corrected chi connectivity index (χ4v) is 1.43. The van der Waals surface area contributed by atoms with E-state index in [-0.39, 0.29) is 5.97 Å². The van der Waals surface area contributed by atoms with Crippen molar-refractivity contribution in [1.29, 1.82) is 0 Å². The van der Waals surface area contributed by atoms with E-state index in [1.165, 1.54) is 25.3 Å². The van der Waals surface area contributed by atoms with Crippen LogP contribution >= 0.6 is 0 Å². The van der Waals surface area contributed by atoms with E-state index < -0.39 is 0 Å². The molecule has 0 unspecified atom stereocenters. The van der Waals surface area contributed by atoms with Gasteiger partial charge in [0.05, 0.1) is 0 Å². The summed E-state index contributed by atoms with van der Waals surface area (Å²) in [5.41, 5.74) is 0. The maximum absolute atomic E-state index is 10.9. The van der Waals surface area contributed by atoms with E-state index in [9.17, 15) is 4.79 Å². The molecule has 0 N–H and O–H groups in total. The highest BCUT2D eigenvalue weighted by Crippen LogP contribution is 2.17. The number of carbonyl (C=O) groups is 1. The van der Waals surface area contributed by atoms with Gasteiger partial charge in [-0.2, -0.15) is 0 Å². The summed E-state index contributed by atoms with van der Waals surface area (Å²) in [5.74, 6) is 0.483. The second-order valence-electron chi connectivity index (χ2n) is 3.25. The van der Waals surface area contributed by atoms with E-state index in [4.69, 9.17) is 4.74 Å². The smallest absolute Gasteiger partial charge is 0.335 e. The number of esters is 1. The summed E-state index contributed by atoms with van der Waals surface area (Å²) < 4.78 is 5.08. The molecule has 0 heterocycles. The fraction of sp³-hybridized carbons (Fsp3) is 0.545. The van der Waals surface area contributed by atoms with Crippen LogP contribution in [-0.2, 0) is 9.53 Å². The Morgan fingerprint density at radius 3 is 2.92 bits per heavy atom. The quantitative estimate of drug-likeness (QED) is 0.482. The topological polar surface area (TPSA) is 26.3 Å². The molecule has 1 aliphatic carbocycles. The number of allylic oxidation sites excluding steroid dienone is 2. The van der Waals surface area contributed by atoms with Crippen LogP contribution in [0.4, 0.5) is 0 Å². The molecule has 2 nitrogen and oxygen atoms in total. The molecule has 0 radical (unpaired) electrons. The summed E-state index contributed by atoms with van der Waals surface area (Å²) in [7, 11) is 0. The first-order valence-corrected chi connectivity index (χ1v) is 4.86. The summed E-state index contributed by atoms with van der Waals surface area (Å²) in [6.07, 6.45) is 10.0. The Labute approximate surface area is 79.3 Å². The fourth-order valence-electron chi connectivity index (χ4n) is 1.43. The lowest BCUT2D eigenvalue weighted by Crippen LogP contribution is -2.01. The Morgan fingerprint density at radius 2 is 2.15 bits per heavy atom. The zero-order chi connectivity index (χ0) is 9.52. The van der Waals surface area contributed by atoms with Crippen LogP contribution in [0.15, 0.2) is 24.5 Å². The summed E-state index contributed by atoms with van der Waals surface area (Å²) in [6, 6.07) is 0. The largest absolute Gasteiger partial charge is 0.428 e. The second-order valence-corrected chi connectivity index (χ2v) is 3.25. The maximum atomic E-state index is 10.9. The maximum Gasteiger partial charge on any atom is 0.335 e. The van der Waals surface area contributed by atoms with E-state index in [1.807, 2.05) is 6.08 Å². The molecule has 0 saturated carbocycles. The van der Waals surface area contributed by atoms with Crippen LogP contribution in [0.1, 0.15) is 38.5 Å². The van der Waals surface area contributed by atoms with Crippen molar-refractivity contribution in [3.8, 4) is 0 Å². The van der Waals surface area contributed by atoms with Gasteiger partial charge in [0, 0.05) is 12.5 Å². The Balaban J connectivity index is 2.44. The second kappa shape index (κ2) is 5.57. The first-order valence-electron chi connectivity index (χ1n) is 4.86. The van der Waals surface area contributed by atoms with Crippen LogP contribution in [-0.4, -0.2) is 5.97 Å². The van der Waals surface area contributed by atoms with Crippen LogP contribution in [0.2, 0.25) is 0 Å². The van der Waals surface area contributed by atoms with Crippen LogP contribution in [0.25, 0.3) is 0 Å². The van der Waals surface area contributed by atoms with E-state index in [0.717, 1.165) is 25.0 Å². The molecule has 0 saturated heterocycles. The number of hydrogen-bond acceptors (Lipinski definition) is 2. The summed E-state index contributed by atoms with van der Waals surface area (Å²) in [5, 5.41) is 0. The molecule has 1 aliphatic rings. The van der Waals surface area contributed by atoms with E-state index >= 15 is 0 Å². The molecule has 0 fully saturated rings. The highest BCUT2D eigenvalue weighted by molar-refractivity contribution is 5.82. The Morgan fingerprint density at radius 1 is 1.38 bits per heavy atom. The van der Waals surface area contributed by atoms with Gasteiger partial charge in [-0.05, 0) is 25.3 Å². The standard InChI is InChI=1S/C11H16O2/c1-2-11(12)13-10-8-6-4-3-5-7-9-10/h2,8H,1,3-7,9H2. The molecule has 0 aromatic carbocycles. The Bertz CT molecular complexity index is 216. The normalized spacial score (nSPS) is 18.0. The molecule has 0 amide bonds. The lowest BCUT2D eigenvalue weighted by molar-refractivity contribution is -0.134. The van der Waals surface area contributed by atoms with E-state index in [0.29, 0.717) is 0 Å². The Kier molecular flexibility index (Phi) is 4.30. The molecule has 13 heavy (non-hydrogen) atoms. The third kappa shape index (κ3) is 3.92. The Hall–Kier alpha value is -1.05. The molecule has 0 aromatic heterocycles. The number of rotatable bonds is 2. The molecule has 0 aromatic rings. The number of hydrogen-bond donors (Lipinski definition) is 0. The van der Waals surface area contributed by atoms with Crippen molar-refractivity contribution in [2.24, 2.45) is 0 Å². The minimum absolute atomic E-state index is 0.341. The molecule has 0 atom stereocenters. The molecular formula is C11H16O2. The number of ether oxygens (including phenoxy) is 1. The van der Waals surface area contributed by atoms with Gasteiger partial charge in [-0.15, -0.1) is 0 Å². The first kappa shape index (κ1) is 10.0. The van der Waals surface area contributed by atoms with Gasteiger partial charge in [-0.25, -0.2) is 4.79 Å². The van der Waals surface area contributed by atoms with Crippen LogP contribution in [0.5, 0.6) is 0 Å². The van der Waals surface area contributed by atoms with Gasteiger partial charge in [-0.1, -0.05) is 19.4 Å². The monoisotopic (exact) mass is 180 g/mol. The lowest BCUT2D eigenvalue weighted by Gasteiger charge is -2.10. The minimum atomic E-state index is -0.341. The van der Waals surface area contributed by atoms with Gasteiger partial charge >= 0.3 is 5.97 Å². The first-order chi connectivity index (χ1) is 6.33. The van der Waals surface area contributed by atoms with Crippen molar-refractivity contribution in [3.05, 3.63) is 24.5 Å². The van der Waals surface area contributed by atoms with Crippen molar-refractivity contribution < 1.29 is 9.53 Å². The van der Waals surface area contributed by atoms with Crippen LogP contribution in [0.3, 0.4) is 0 Å². The van der Waals surface area contributed by atoms with E-state index in [1.54, 1.807) is 0 Å². The molecule has 2 heteroatoms. The molecule has 0 spiro atoms. The molecule has 0 bridgehead atoms. The third-order valence-corrected chi connectivity index (χ3v) is 2.15. The van der Waals surface area contributed by atoms with Gasteiger partial charge in [0.25, 0.3) is 0 Å². The zero-order valence-corrected chi connectivity index (χ0v) is 7.92. The summed E-state index contributed by atoms with van der Waals surface area (Å²) in [4.78, 5) is 10.9. The lowest BCUT2D eigenvalue weighted by atomic mass is 10.1. The van der Waals surface area contributed by atoms with Gasteiger partial charge in [0.15, 0.2) is 0 Å². The minimum Gasteiger partial charge on any atom is -0.428 e. The molecule has 72 valence electrons. The van der Waals surface area contributed by atoms with Gasteiger partial charge < -0.3 is 4.74 Å². The molecule has 1 rings (SSSR count). The van der Waals surface area contributed by atoms with Gasteiger partial charge in [-0.3, -0.25) is 0 Å². The van der Waals surface area contributed by atoms with Gasteiger partial charge in [0.2, 0.25) is 0 Å².